The van der Waals surface area contributed by atoms with Gasteiger partial charge in [-0.05, 0) is 91.8 Å². The van der Waals surface area contributed by atoms with Crippen molar-refractivity contribution in [2.24, 2.45) is 0 Å². The maximum absolute atomic E-state index is 6.81. The van der Waals surface area contributed by atoms with Crippen LogP contribution < -0.4 is 4.90 Å². The lowest BCUT2D eigenvalue weighted by Gasteiger charge is -2.29. The lowest BCUT2D eigenvalue weighted by atomic mass is 9.97. The SMILES string of the molecule is C=C/C(=C\C=C\c1ccccc1N(c1cccc(-c2ccc3ccccc3c2)c1)c1ccccc1-c1cccc2c1oc1cc3ccccc3cc12)c1ccccc1. The molecule has 1 aromatic heterocycles. The Balaban J connectivity index is 1.16. The Morgan fingerprint density at radius 3 is 1.97 bits per heavy atom. The normalized spacial score (nSPS) is 11.9. The van der Waals surface area contributed by atoms with E-state index in [-0.39, 0.29) is 0 Å². The molecule has 0 aliphatic rings. The summed E-state index contributed by atoms with van der Waals surface area (Å²) in [6.45, 7) is 4.11. The predicted molar refractivity (Wildman–Crippen MR) is 248 cm³/mol. The van der Waals surface area contributed by atoms with E-state index >= 15 is 0 Å². The van der Waals surface area contributed by atoms with Crippen molar-refractivity contribution < 1.29 is 4.42 Å². The van der Waals surface area contributed by atoms with Crippen LogP contribution in [0.5, 0.6) is 0 Å². The highest BCUT2D eigenvalue weighted by atomic mass is 16.3. The van der Waals surface area contributed by atoms with Crippen LogP contribution in [0.3, 0.4) is 0 Å². The fourth-order valence-corrected chi connectivity index (χ4v) is 8.19. The van der Waals surface area contributed by atoms with Crippen LogP contribution in [0.4, 0.5) is 17.1 Å². The van der Waals surface area contributed by atoms with E-state index in [0.29, 0.717) is 0 Å². The number of rotatable bonds is 9. The maximum Gasteiger partial charge on any atom is 0.143 e. The molecule has 0 spiro atoms. The Labute approximate surface area is 338 Å². The number of nitrogens with zero attached hydrogens (tertiary/aromatic N) is 1. The molecule has 0 N–H and O–H groups in total. The summed E-state index contributed by atoms with van der Waals surface area (Å²) >= 11 is 0. The van der Waals surface area contributed by atoms with E-state index < -0.39 is 0 Å². The van der Waals surface area contributed by atoms with Gasteiger partial charge in [-0.2, -0.15) is 0 Å². The van der Waals surface area contributed by atoms with E-state index in [4.69, 9.17) is 4.42 Å². The smallest absolute Gasteiger partial charge is 0.143 e. The standard InChI is InChI=1S/C56H39NO/c1-2-39(40-17-4-3-5-18-40)24-14-25-42-20-10-12-31-53(42)57(48-27-15-26-44(36-48)47-34-33-41-19-6-7-21-43(41)35-47)54-32-13-11-28-49(54)50-29-16-30-51-52-37-45-22-8-9-23-46(45)38-55(52)58-56(50)51/h2-38H,1H2/b25-14+,39-24+. The van der Waals surface area contributed by atoms with Crippen molar-refractivity contribution in [3.05, 3.63) is 236 Å². The lowest BCUT2D eigenvalue weighted by Crippen LogP contribution is -2.12. The van der Waals surface area contributed by atoms with Crippen molar-refractivity contribution in [1.29, 1.82) is 0 Å². The van der Waals surface area contributed by atoms with Crippen molar-refractivity contribution in [3.8, 4) is 22.3 Å². The van der Waals surface area contributed by atoms with Crippen LogP contribution >= 0.6 is 0 Å². The molecule has 2 nitrogen and oxygen atoms in total. The third-order valence-corrected chi connectivity index (χ3v) is 11.0. The van der Waals surface area contributed by atoms with Gasteiger partial charge in [-0.1, -0.05) is 189 Å². The van der Waals surface area contributed by atoms with E-state index in [9.17, 15) is 0 Å². The van der Waals surface area contributed by atoms with Crippen LogP contribution in [0, 0.1) is 0 Å². The zero-order valence-electron chi connectivity index (χ0n) is 31.9. The van der Waals surface area contributed by atoms with Gasteiger partial charge in [0.25, 0.3) is 0 Å². The minimum absolute atomic E-state index is 0.876. The van der Waals surface area contributed by atoms with Gasteiger partial charge in [0.15, 0.2) is 0 Å². The fourth-order valence-electron chi connectivity index (χ4n) is 8.19. The minimum Gasteiger partial charge on any atom is -0.455 e. The number of fused-ring (bicyclic) bond motifs is 5. The summed E-state index contributed by atoms with van der Waals surface area (Å²) in [5.41, 5.74) is 12.6. The van der Waals surface area contributed by atoms with Crippen molar-refractivity contribution in [2.45, 2.75) is 0 Å². The second-order valence-electron chi connectivity index (χ2n) is 14.6. The van der Waals surface area contributed by atoms with E-state index in [1.54, 1.807) is 0 Å². The highest BCUT2D eigenvalue weighted by Crippen LogP contribution is 2.46. The first-order valence-corrected chi connectivity index (χ1v) is 19.7. The van der Waals surface area contributed by atoms with Gasteiger partial charge in [-0.25, -0.2) is 0 Å². The first-order valence-electron chi connectivity index (χ1n) is 19.7. The van der Waals surface area contributed by atoms with Crippen LogP contribution in [-0.2, 0) is 0 Å². The molecule has 10 rings (SSSR count). The number of furan rings is 1. The molecule has 0 aliphatic carbocycles. The van der Waals surface area contributed by atoms with E-state index in [2.05, 4.69) is 224 Å². The summed E-state index contributed by atoms with van der Waals surface area (Å²) < 4.78 is 6.81. The van der Waals surface area contributed by atoms with E-state index in [1.807, 2.05) is 12.1 Å². The highest BCUT2D eigenvalue weighted by molar-refractivity contribution is 6.14. The Bertz CT molecular complexity index is 3200. The molecule has 2 heteroatoms. The van der Waals surface area contributed by atoms with Gasteiger partial charge in [-0.3, -0.25) is 0 Å². The Morgan fingerprint density at radius 1 is 0.483 bits per heavy atom. The van der Waals surface area contributed by atoms with E-state index in [1.165, 1.54) is 21.7 Å². The Hall–Kier alpha value is -7.68. The topological polar surface area (TPSA) is 16.4 Å². The zero-order chi connectivity index (χ0) is 38.8. The summed E-state index contributed by atoms with van der Waals surface area (Å²) in [7, 11) is 0. The molecule has 0 saturated heterocycles. The molecule has 0 saturated carbocycles. The van der Waals surface area contributed by atoms with Crippen LogP contribution in [0.1, 0.15) is 11.1 Å². The van der Waals surface area contributed by atoms with Crippen LogP contribution in [0.25, 0.3) is 77.4 Å². The molecular weight excluding hydrogens is 703 g/mol. The van der Waals surface area contributed by atoms with Gasteiger partial charge >= 0.3 is 0 Å². The van der Waals surface area contributed by atoms with Crippen molar-refractivity contribution >= 4 is 72.2 Å². The first-order chi connectivity index (χ1) is 28.7. The molecule has 0 bridgehead atoms. The number of hydrogen-bond acceptors (Lipinski definition) is 2. The molecule has 0 fully saturated rings. The molecule has 274 valence electrons. The predicted octanol–water partition coefficient (Wildman–Crippen LogP) is 16.0. The average molecular weight is 742 g/mol. The summed E-state index contributed by atoms with van der Waals surface area (Å²) in [6.07, 6.45) is 8.35. The monoisotopic (exact) mass is 741 g/mol. The summed E-state index contributed by atoms with van der Waals surface area (Å²) in [5, 5.41) is 7.03. The Kier molecular flexibility index (Phi) is 9.06. The molecule has 58 heavy (non-hydrogen) atoms. The largest absolute Gasteiger partial charge is 0.455 e. The Morgan fingerprint density at radius 2 is 1.14 bits per heavy atom. The summed E-state index contributed by atoms with van der Waals surface area (Å²) in [6, 6.07) is 71.2. The molecule has 0 aliphatic heterocycles. The quantitative estimate of drug-likeness (QED) is 0.137. The molecular formula is C56H39NO. The maximum atomic E-state index is 6.81. The number of anilines is 3. The zero-order valence-corrected chi connectivity index (χ0v) is 31.9. The molecule has 0 amide bonds. The van der Waals surface area contributed by atoms with E-state index in [0.717, 1.165) is 77.8 Å². The minimum atomic E-state index is 0.876. The third-order valence-electron chi connectivity index (χ3n) is 11.0. The third kappa shape index (κ3) is 6.47. The molecule has 10 aromatic rings. The molecule has 1 heterocycles. The number of hydrogen-bond donors (Lipinski definition) is 0. The molecule has 0 radical (unpaired) electrons. The second kappa shape index (κ2) is 15.1. The van der Waals surface area contributed by atoms with Gasteiger partial charge in [0.1, 0.15) is 11.2 Å². The highest BCUT2D eigenvalue weighted by Gasteiger charge is 2.22. The second-order valence-corrected chi connectivity index (χ2v) is 14.6. The van der Waals surface area contributed by atoms with Gasteiger partial charge in [0, 0.05) is 27.6 Å². The molecule has 0 atom stereocenters. The molecule has 9 aromatic carbocycles. The lowest BCUT2D eigenvalue weighted by molar-refractivity contribution is 0.670. The number of benzene rings is 9. The van der Waals surface area contributed by atoms with Gasteiger partial charge in [-0.15, -0.1) is 0 Å². The summed E-state index contributed by atoms with van der Waals surface area (Å²) in [4.78, 5) is 2.39. The van der Waals surface area contributed by atoms with Gasteiger partial charge < -0.3 is 9.32 Å². The van der Waals surface area contributed by atoms with Gasteiger partial charge in [0.05, 0.1) is 11.4 Å². The van der Waals surface area contributed by atoms with Crippen molar-refractivity contribution in [2.75, 3.05) is 4.90 Å². The van der Waals surface area contributed by atoms with Crippen LogP contribution in [0.15, 0.2) is 229 Å². The van der Waals surface area contributed by atoms with Crippen molar-refractivity contribution in [3.63, 3.8) is 0 Å². The number of allylic oxidation sites excluding steroid dienone is 4. The van der Waals surface area contributed by atoms with Crippen LogP contribution in [-0.4, -0.2) is 0 Å². The van der Waals surface area contributed by atoms with Gasteiger partial charge in [0.2, 0.25) is 0 Å². The average Bonchev–Trinajstić information content (AvgIpc) is 3.65. The van der Waals surface area contributed by atoms with Crippen molar-refractivity contribution in [1.82, 2.24) is 0 Å². The van der Waals surface area contributed by atoms with Crippen LogP contribution in [0.2, 0.25) is 0 Å². The fraction of sp³-hybridized carbons (Fsp3) is 0. The first kappa shape index (κ1) is 34.8. The molecule has 0 unspecified atom stereocenters. The summed E-state index contributed by atoms with van der Waals surface area (Å²) in [5.74, 6) is 0. The number of para-hydroxylation sites is 3.